The standard InChI is InChI=1S/C24H33N3O3.ClH/c1-29-23-16-20(12-13-22(23)30-18-19-8-4-2-5-9-19)17-27(15-14-25)24(28)26-21-10-6-3-7-11-21;/h2,4-5,8-9,12-13,16,21H,3,6-7,10-11,14-15,17-18,25H2,1H3,(H,26,28);1H. The van der Waals surface area contributed by atoms with Gasteiger partial charge < -0.3 is 25.4 Å². The topological polar surface area (TPSA) is 76.8 Å². The lowest BCUT2D eigenvalue weighted by atomic mass is 9.96. The molecule has 170 valence electrons. The summed E-state index contributed by atoms with van der Waals surface area (Å²) in [6.45, 7) is 1.88. The van der Waals surface area contributed by atoms with Gasteiger partial charge in [0.25, 0.3) is 0 Å². The van der Waals surface area contributed by atoms with E-state index in [1.54, 1.807) is 12.0 Å². The van der Waals surface area contributed by atoms with Gasteiger partial charge in [-0.2, -0.15) is 0 Å². The first kappa shape index (κ1) is 24.8. The van der Waals surface area contributed by atoms with Gasteiger partial charge in [-0.15, -0.1) is 12.4 Å². The first-order valence-electron chi connectivity index (χ1n) is 10.8. The van der Waals surface area contributed by atoms with Crippen molar-refractivity contribution < 1.29 is 14.3 Å². The fourth-order valence-corrected chi connectivity index (χ4v) is 3.81. The molecule has 0 heterocycles. The van der Waals surface area contributed by atoms with Gasteiger partial charge in [-0.3, -0.25) is 0 Å². The molecule has 7 heteroatoms. The van der Waals surface area contributed by atoms with Gasteiger partial charge >= 0.3 is 6.03 Å². The van der Waals surface area contributed by atoms with Crippen molar-refractivity contribution in [2.45, 2.75) is 51.3 Å². The highest BCUT2D eigenvalue weighted by atomic mass is 35.5. The lowest BCUT2D eigenvalue weighted by Crippen LogP contribution is -2.46. The van der Waals surface area contributed by atoms with E-state index in [-0.39, 0.29) is 24.5 Å². The van der Waals surface area contributed by atoms with Crippen molar-refractivity contribution in [1.29, 1.82) is 0 Å². The van der Waals surface area contributed by atoms with Crippen LogP contribution in [0.15, 0.2) is 48.5 Å². The van der Waals surface area contributed by atoms with Gasteiger partial charge in [0.05, 0.1) is 7.11 Å². The predicted octanol–water partition coefficient (Wildman–Crippen LogP) is 4.50. The van der Waals surface area contributed by atoms with Gasteiger partial charge in [-0.1, -0.05) is 55.7 Å². The van der Waals surface area contributed by atoms with E-state index >= 15 is 0 Å². The summed E-state index contributed by atoms with van der Waals surface area (Å²) in [5.41, 5.74) is 7.84. The molecule has 3 rings (SSSR count). The Kier molecular flexibility index (Phi) is 10.5. The van der Waals surface area contributed by atoms with Crippen LogP contribution < -0.4 is 20.5 Å². The Hall–Kier alpha value is -2.44. The molecule has 1 aliphatic rings. The number of methoxy groups -OCH3 is 1. The Morgan fingerprint density at radius 2 is 1.81 bits per heavy atom. The van der Waals surface area contributed by atoms with Crippen LogP contribution in [0.4, 0.5) is 4.79 Å². The van der Waals surface area contributed by atoms with Crippen molar-refractivity contribution in [3.8, 4) is 11.5 Å². The molecule has 3 N–H and O–H groups in total. The van der Waals surface area contributed by atoms with Crippen molar-refractivity contribution in [3.63, 3.8) is 0 Å². The molecule has 0 saturated heterocycles. The van der Waals surface area contributed by atoms with Gasteiger partial charge in [0.15, 0.2) is 11.5 Å². The molecule has 0 radical (unpaired) electrons. The Labute approximate surface area is 191 Å². The van der Waals surface area contributed by atoms with Gasteiger partial charge in [0.1, 0.15) is 6.61 Å². The number of hydrogen-bond acceptors (Lipinski definition) is 4. The molecule has 0 aliphatic heterocycles. The summed E-state index contributed by atoms with van der Waals surface area (Å²) in [6.07, 6.45) is 5.75. The van der Waals surface area contributed by atoms with Crippen molar-refractivity contribution >= 4 is 18.4 Å². The highest BCUT2D eigenvalue weighted by Crippen LogP contribution is 2.29. The number of urea groups is 1. The first-order chi connectivity index (χ1) is 14.7. The Balaban J connectivity index is 0.00000341. The van der Waals surface area contributed by atoms with Crippen LogP contribution in [0.1, 0.15) is 43.2 Å². The number of rotatable bonds is 9. The lowest BCUT2D eigenvalue weighted by Gasteiger charge is -2.28. The number of amides is 2. The van der Waals surface area contributed by atoms with Crippen LogP contribution >= 0.6 is 12.4 Å². The number of hydrogen-bond donors (Lipinski definition) is 2. The van der Waals surface area contributed by atoms with E-state index in [2.05, 4.69) is 5.32 Å². The number of benzene rings is 2. The maximum absolute atomic E-state index is 12.8. The van der Waals surface area contributed by atoms with Crippen LogP contribution in [0.3, 0.4) is 0 Å². The summed E-state index contributed by atoms with van der Waals surface area (Å²) in [7, 11) is 1.63. The molecular weight excluding hydrogens is 414 g/mol. The quantitative estimate of drug-likeness (QED) is 0.593. The number of ether oxygens (including phenoxy) is 2. The van der Waals surface area contributed by atoms with E-state index in [0.717, 1.165) is 24.0 Å². The van der Waals surface area contributed by atoms with Crippen LogP contribution in [-0.4, -0.2) is 37.2 Å². The van der Waals surface area contributed by atoms with Crippen LogP contribution in [-0.2, 0) is 13.2 Å². The molecule has 0 aromatic heterocycles. The normalized spacial score (nSPS) is 13.7. The Bertz CT molecular complexity index is 798. The van der Waals surface area contributed by atoms with Crippen LogP contribution in [0.2, 0.25) is 0 Å². The average molecular weight is 448 g/mol. The number of nitrogens with zero attached hydrogens (tertiary/aromatic N) is 1. The molecule has 1 saturated carbocycles. The molecular formula is C24H34ClN3O3. The average Bonchev–Trinajstić information content (AvgIpc) is 2.79. The zero-order valence-corrected chi connectivity index (χ0v) is 19.0. The highest BCUT2D eigenvalue weighted by Gasteiger charge is 2.20. The zero-order chi connectivity index (χ0) is 21.2. The summed E-state index contributed by atoms with van der Waals surface area (Å²) < 4.78 is 11.5. The fraction of sp³-hybridized carbons (Fsp3) is 0.458. The molecule has 0 bridgehead atoms. The van der Waals surface area contributed by atoms with Gasteiger partial charge in [0, 0.05) is 25.7 Å². The summed E-state index contributed by atoms with van der Waals surface area (Å²) in [4.78, 5) is 14.6. The third-order valence-corrected chi connectivity index (χ3v) is 5.46. The van der Waals surface area contributed by atoms with Crippen molar-refractivity contribution in [2.24, 2.45) is 5.73 Å². The van der Waals surface area contributed by atoms with E-state index in [1.165, 1.54) is 19.3 Å². The fourth-order valence-electron chi connectivity index (χ4n) is 3.81. The molecule has 0 unspecified atom stereocenters. The van der Waals surface area contributed by atoms with Gasteiger partial charge in [-0.05, 0) is 36.1 Å². The van der Waals surface area contributed by atoms with E-state index < -0.39 is 0 Å². The summed E-state index contributed by atoms with van der Waals surface area (Å²) in [5.74, 6) is 1.34. The number of carbonyl (C=O) groups excluding carboxylic acids is 1. The maximum atomic E-state index is 12.8. The molecule has 31 heavy (non-hydrogen) atoms. The van der Waals surface area contributed by atoms with Crippen LogP contribution in [0.5, 0.6) is 11.5 Å². The Morgan fingerprint density at radius 1 is 1.06 bits per heavy atom. The second-order valence-corrected chi connectivity index (χ2v) is 7.75. The number of nitrogens with one attached hydrogen (secondary N) is 1. The smallest absolute Gasteiger partial charge is 0.317 e. The molecule has 0 spiro atoms. The third-order valence-electron chi connectivity index (χ3n) is 5.46. The lowest BCUT2D eigenvalue weighted by molar-refractivity contribution is 0.188. The van der Waals surface area contributed by atoms with E-state index in [4.69, 9.17) is 15.2 Å². The molecule has 1 aliphatic carbocycles. The molecule has 0 atom stereocenters. The van der Waals surface area contributed by atoms with Gasteiger partial charge in [0.2, 0.25) is 0 Å². The number of nitrogens with two attached hydrogens (primary N) is 1. The molecule has 6 nitrogen and oxygen atoms in total. The van der Waals surface area contributed by atoms with Crippen molar-refractivity contribution in [1.82, 2.24) is 10.2 Å². The maximum Gasteiger partial charge on any atom is 0.317 e. The minimum atomic E-state index is -0.0456. The highest BCUT2D eigenvalue weighted by molar-refractivity contribution is 5.85. The van der Waals surface area contributed by atoms with Crippen LogP contribution in [0, 0.1) is 0 Å². The van der Waals surface area contributed by atoms with E-state index in [1.807, 2.05) is 48.5 Å². The summed E-state index contributed by atoms with van der Waals surface area (Å²) >= 11 is 0. The van der Waals surface area contributed by atoms with Crippen LogP contribution in [0.25, 0.3) is 0 Å². The number of carbonyl (C=O) groups is 1. The Morgan fingerprint density at radius 3 is 2.48 bits per heavy atom. The first-order valence-corrected chi connectivity index (χ1v) is 10.8. The summed E-state index contributed by atoms with van der Waals surface area (Å²) in [6, 6.07) is 16.0. The minimum absolute atomic E-state index is 0. The van der Waals surface area contributed by atoms with Crippen molar-refractivity contribution in [3.05, 3.63) is 59.7 Å². The molecule has 1 fully saturated rings. The largest absolute Gasteiger partial charge is 0.493 e. The molecule has 2 amide bonds. The monoisotopic (exact) mass is 447 g/mol. The summed E-state index contributed by atoms with van der Waals surface area (Å²) in [5, 5.41) is 3.18. The van der Waals surface area contributed by atoms with Gasteiger partial charge in [-0.25, -0.2) is 4.79 Å². The van der Waals surface area contributed by atoms with Crippen molar-refractivity contribution in [2.75, 3.05) is 20.2 Å². The predicted molar refractivity (Wildman–Crippen MR) is 126 cm³/mol. The molecule has 2 aromatic rings. The zero-order valence-electron chi connectivity index (χ0n) is 18.2. The molecule has 2 aromatic carbocycles. The van der Waals surface area contributed by atoms with E-state index in [0.29, 0.717) is 37.7 Å². The second-order valence-electron chi connectivity index (χ2n) is 7.75. The third kappa shape index (κ3) is 7.64. The SMILES string of the molecule is COc1cc(CN(CCN)C(=O)NC2CCCCC2)ccc1OCc1ccccc1.Cl. The number of halogens is 1. The second kappa shape index (κ2) is 13.1. The van der Waals surface area contributed by atoms with E-state index in [9.17, 15) is 4.79 Å². The minimum Gasteiger partial charge on any atom is -0.493 e.